The van der Waals surface area contributed by atoms with Gasteiger partial charge < -0.3 is 10.2 Å². The van der Waals surface area contributed by atoms with Crippen LogP contribution < -0.4 is 14.9 Å². The molecule has 0 aromatic heterocycles. The van der Waals surface area contributed by atoms with Crippen LogP contribution in [0.3, 0.4) is 0 Å². The summed E-state index contributed by atoms with van der Waals surface area (Å²) >= 11 is 3.42. The van der Waals surface area contributed by atoms with Crippen molar-refractivity contribution in [1.82, 2.24) is 0 Å². The van der Waals surface area contributed by atoms with Crippen LogP contribution >= 0.6 is 15.9 Å². The lowest BCUT2D eigenvalue weighted by molar-refractivity contribution is -0.115. The summed E-state index contributed by atoms with van der Waals surface area (Å²) in [6.45, 7) is 2.91. The van der Waals surface area contributed by atoms with Crippen LogP contribution in [0.25, 0.3) is 0 Å². The molecule has 0 aliphatic carbocycles. The third-order valence-electron chi connectivity index (χ3n) is 4.44. The standard InChI is InChI=1S/C19H22BrN3O3S/c1-13-11-14(20)8-9-16(13)21-19(24)12-23-10-4-5-15-17(22-27(2,25)26)6-3-7-18(15)23/h3,6-9,11,22H,4-5,10,12H2,1-2H3,(H,21,24). The van der Waals surface area contributed by atoms with Crippen molar-refractivity contribution in [1.29, 1.82) is 0 Å². The van der Waals surface area contributed by atoms with Gasteiger partial charge in [-0.05, 0) is 61.2 Å². The third-order valence-corrected chi connectivity index (χ3v) is 5.52. The highest BCUT2D eigenvalue weighted by molar-refractivity contribution is 9.10. The van der Waals surface area contributed by atoms with Crippen molar-refractivity contribution in [3.63, 3.8) is 0 Å². The minimum absolute atomic E-state index is 0.102. The second kappa shape index (κ2) is 7.90. The van der Waals surface area contributed by atoms with Crippen molar-refractivity contribution in [3.05, 3.63) is 52.0 Å². The first-order valence-electron chi connectivity index (χ1n) is 8.63. The molecule has 1 aliphatic rings. The van der Waals surface area contributed by atoms with Crippen LogP contribution in [0, 0.1) is 6.92 Å². The van der Waals surface area contributed by atoms with Crippen LogP contribution in [0.1, 0.15) is 17.5 Å². The molecule has 2 N–H and O–H groups in total. The number of anilines is 3. The molecule has 1 amide bonds. The Kier molecular flexibility index (Phi) is 5.76. The molecule has 0 spiro atoms. The van der Waals surface area contributed by atoms with Gasteiger partial charge in [0.2, 0.25) is 15.9 Å². The minimum Gasteiger partial charge on any atom is -0.362 e. The highest BCUT2D eigenvalue weighted by atomic mass is 79.9. The van der Waals surface area contributed by atoms with Gasteiger partial charge in [-0.15, -0.1) is 0 Å². The molecular formula is C19H22BrN3O3S. The average Bonchev–Trinajstić information content (AvgIpc) is 2.57. The van der Waals surface area contributed by atoms with Gasteiger partial charge >= 0.3 is 0 Å². The normalized spacial score (nSPS) is 13.8. The molecule has 2 aromatic carbocycles. The zero-order valence-electron chi connectivity index (χ0n) is 15.3. The van der Waals surface area contributed by atoms with Crippen molar-refractivity contribution in [3.8, 4) is 0 Å². The lowest BCUT2D eigenvalue weighted by Crippen LogP contribution is -2.37. The quantitative estimate of drug-likeness (QED) is 0.728. The van der Waals surface area contributed by atoms with Gasteiger partial charge in [-0.2, -0.15) is 0 Å². The second-order valence-corrected chi connectivity index (χ2v) is 9.37. The van der Waals surface area contributed by atoms with Crippen molar-refractivity contribution >= 4 is 48.9 Å². The number of fused-ring (bicyclic) bond motifs is 1. The summed E-state index contributed by atoms with van der Waals surface area (Å²) in [6.07, 6.45) is 2.78. The van der Waals surface area contributed by atoms with Gasteiger partial charge in [0, 0.05) is 22.4 Å². The molecule has 6 nitrogen and oxygen atoms in total. The molecule has 0 unspecified atom stereocenters. The number of aryl methyl sites for hydroxylation is 1. The van der Waals surface area contributed by atoms with E-state index in [1.807, 2.05) is 36.1 Å². The minimum atomic E-state index is -3.35. The lowest BCUT2D eigenvalue weighted by Gasteiger charge is -2.32. The van der Waals surface area contributed by atoms with E-state index in [4.69, 9.17) is 0 Å². The zero-order chi connectivity index (χ0) is 19.6. The monoisotopic (exact) mass is 451 g/mol. The summed E-state index contributed by atoms with van der Waals surface area (Å²) in [7, 11) is -3.35. The Bertz CT molecular complexity index is 976. The van der Waals surface area contributed by atoms with E-state index in [0.29, 0.717) is 5.69 Å². The molecule has 8 heteroatoms. The molecular weight excluding hydrogens is 430 g/mol. The van der Waals surface area contributed by atoms with Gasteiger partial charge in [-0.25, -0.2) is 8.42 Å². The van der Waals surface area contributed by atoms with E-state index in [1.54, 1.807) is 12.1 Å². The number of rotatable bonds is 5. The Balaban J connectivity index is 1.78. The number of amides is 1. The summed E-state index contributed by atoms with van der Waals surface area (Å²) in [4.78, 5) is 14.6. The molecule has 27 heavy (non-hydrogen) atoms. The third kappa shape index (κ3) is 5.01. The first kappa shape index (κ1) is 19.7. The summed E-state index contributed by atoms with van der Waals surface area (Å²) in [5, 5.41) is 2.96. The van der Waals surface area contributed by atoms with Crippen molar-refractivity contribution in [2.45, 2.75) is 19.8 Å². The number of carbonyl (C=O) groups is 1. The Morgan fingerprint density at radius 3 is 2.70 bits per heavy atom. The fourth-order valence-corrected chi connectivity index (χ4v) is 4.36. The Labute approximate surface area is 168 Å². The number of nitrogens with zero attached hydrogens (tertiary/aromatic N) is 1. The highest BCUT2D eigenvalue weighted by Gasteiger charge is 2.22. The molecule has 0 fully saturated rings. The van der Waals surface area contributed by atoms with Crippen molar-refractivity contribution < 1.29 is 13.2 Å². The molecule has 0 radical (unpaired) electrons. The Morgan fingerprint density at radius 2 is 2.00 bits per heavy atom. The van der Waals surface area contributed by atoms with Gasteiger partial charge in [0.05, 0.1) is 18.5 Å². The number of hydrogen-bond acceptors (Lipinski definition) is 4. The summed E-state index contributed by atoms with van der Waals surface area (Å²) < 4.78 is 26.8. The average molecular weight is 452 g/mol. The fraction of sp³-hybridized carbons (Fsp3) is 0.316. The van der Waals surface area contributed by atoms with E-state index in [-0.39, 0.29) is 12.5 Å². The van der Waals surface area contributed by atoms with Crippen LogP contribution in [0.2, 0.25) is 0 Å². The van der Waals surface area contributed by atoms with E-state index in [0.717, 1.165) is 52.6 Å². The Hall–Kier alpha value is -2.06. The van der Waals surface area contributed by atoms with Crippen molar-refractivity contribution in [2.24, 2.45) is 0 Å². The summed E-state index contributed by atoms with van der Waals surface area (Å²) in [6, 6.07) is 11.2. The van der Waals surface area contributed by atoms with Crippen LogP contribution in [0.15, 0.2) is 40.9 Å². The number of carbonyl (C=O) groups excluding carboxylic acids is 1. The maximum atomic E-state index is 12.6. The van der Waals surface area contributed by atoms with E-state index in [2.05, 4.69) is 26.0 Å². The largest absolute Gasteiger partial charge is 0.362 e. The van der Waals surface area contributed by atoms with Crippen LogP contribution in [-0.2, 0) is 21.2 Å². The predicted molar refractivity (Wildman–Crippen MR) is 113 cm³/mol. The topological polar surface area (TPSA) is 78.5 Å². The molecule has 0 saturated heterocycles. The van der Waals surface area contributed by atoms with Gasteiger partial charge in [-0.1, -0.05) is 22.0 Å². The summed E-state index contributed by atoms with van der Waals surface area (Å²) in [5.41, 5.74) is 4.19. The SMILES string of the molecule is Cc1cc(Br)ccc1NC(=O)CN1CCCc2c(NS(C)(=O)=O)cccc21. The van der Waals surface area contributed by atoms with Gasteiger partial charge in [0.15, 0.2) is 0 Å². The fourth-order valence-electron chi connectivity index (χ4n) is 3.29. The zero-order valence-corrected chi connectivity index (χ0v) is 17.7. The van der Waals surface area contributed by atoms with Gasteiger partial charge in [-0.3, -0.25) is 9.52 Å². The lowest BCUT2D eigenvalue weighted by atomic mass is 10.00. The molecule has 2 aromatic rings. The Morgan fingerprint density at radius 1 is 1.22 bits per heavy atom. The molecule has 3 rings (SSSR count). The van der Waals surface area contributed by atoms with Crippen LogP contribution in [0.5, 0.6) is 0 Å². The molecule has 144 valence electrons. The molecule has 1 heterocycles. The van der Waals surface area contributed by atoms with E-state index < -0.39 is 10.0 Å². The van der Waals surface area contributed by atoms with Crippen LogP contribution in [0.4, 0.5) is 17.1 Å². The molecule has 1 aliphatic heterocycles. The number of sulfonamides is 1. The maximum absolute atomic E-state index is 12.6. The first-order chi connectivity index (χ1) is 12.7. The predicted octanol–water partition coefficient (Wildman–Crippen LogP) is 3.52. The van der Waals surface area contributed by atoms with Crippen molar-refractivity contribution in [2.75, 3.05) is 34.3 Å². The smallest absolute Gasteiger partial charge is 0.243 e. The van der Waals surface area contributed by atoms with E-state index >= 15 is 0 Å². The molecule has 0 saturated carbocycles. The molecule has 0 atom stereocenters. The number of nitrogens with one attached hydrogen (secondary N) is 2. The van der Waals surface area contributed by atoms with E-state index in [9.17, 15) is 13.2 Å². The number of hydrogen-bond donors (Lipinski definition) is 2. The van der Waals surface area contributed by atoms with Gasteiger partial charge in [0.1, 0.15) is 0 Å². The number of benzene rings is 2. The molecule has 0 bridgehead atoms. The van der Waals surface area contributed by atoms with Crippen LogP contribution in [-0.4, -0.2) is 33.7 Å². The maximum Gasteiger partial charge on any atom is 0.243 e. The number of halogens is 1. The summed E-state index contributed by atoms with van der Waals surface area (Å²) in [5.74, 6) is -0.102. The first-order valence-corrected chi connectivity index (χ1v) is 11.3. The second-order valence-electron chi connectivity index (χ2n) is 6.71. The van der Waals surface area contributed by atoms with E-state index in [1.165, 1.54) is 0 Å². The van der Waals surface area contributed by atoms with Gasteiger partial charge in [0.25, 0.3) is 0 Å². The highest BCUT2D eigenvalue weighted by Crippen LogP contribution is 2.33.